The number of hydrogen-bond acceptors (Lipinski definition) is 5. The van der Waals surface area contributed by atoms with Gasteiger partial charge in [0.25, 0.3) is 5.56 Å². The van der Waals surface area contributed by atoms with Gasteiger partial charge in [0, 0.05) is 13.6 Å². The number of anilines is 1. The second kappa shape index (κ2) is 11.3. The summed E-state index contributed by atoms with van der Waals surface area (Å²) in [5, 5.41) is 4.28. The molecule has 0 spiro atoms. The van der Waals surface area contributed by atoms with Gasteiger partial charge in [-0.3, -0.25) is 14.3 Å². The highest BCUT2D eigenvalue weighted by molar-refractivity contribution is 5.80. The van der Waals surface area contributed by atoms with Gasteiger partial charge in [-0.1, -0.05) is 82.2 Å². The number of fused-ring (bicyclic) bond motifs is 1. The number of benzene rings is 1. The molecule has 1 aromatic carbocycles. The molecule has 0 atom stereocenters. The van der Waals surface area contributed by atoms with Crippen molar-refractivity contribution >= 4 is 23.3 Å². The third-order valence-corrected chi connectivity index (χ3v) is 5.42. The molecule has 0 unspecified atom stereocenters. The number of imidazole rings is 1. The predicted molar refractivity (Wildman–Crippen MR) is 126 cm³/mol. The largest absolute Gasteiger partial charge is 0.329 e. The molecule has 0 aliphatic rings. The first kappa shape index (κ1) is 22.5. The van der Waals surface area contributed by atoms with Crippen LogP contribution in [0.3, 0.4) is 0 Å². The van der Waals surface area contributed by atoms with Crippen LogP contribution in [0.4, 0.5) is 5.95 Å². The molecule has 0 radical (unpaired) electrons. The molecule has 0 aliphatic carbocycles. The monoisotopic (exact) mass is 424 g/mol. The molecular weight excluding hydrogens is 392 g/mol. The summed E-state index contributed by atoms with van der Waals surface area (Å²) in [4.78, 5) is 31.4. The molecule has 2 N–H and O–H groups in total. The number of aromatic nitrogens is 4. The van der Waals surface area contributed by atoms with Crippen molar-refractivity contribution < 1.29 is 0 Å². The van der Waals surface area contributed by atoms with Crippen molar-refractivity contribution in [2.24, 2.45) is 12.1 Å². The van der Waals surface area contributed by atoms with Crippen LogP contribution >= 0.6 is 0 Å². The number of nitrogens with one attached hydrogen (secondary N) is 2. The smallest absolute Gasteiger partial charge is 0.303 e. The summed E-state index contributed by atoms with van der Waals surface area (Å²) >= 11 is 0. The number of hydrazone groups is 1. The molecule has 2 heterocycles. The van der Waals surface area contributed by atoms with Crippen LogP contribution in [0.2, 0.25) is 0 Å². The lowest BCUT2D eigenvalue weighted by atomic mass is 10.1. The van der Waals surface area contributed by atoms with Crippen LogP contribution in [0.15, 0.2) is 45.0 Å². The van der Waals surface area contributed by atoms with Crippen LogP contribution in [0.5, 0.6) is 0 Å². The summed E-state index contributed by atoms with van der Waals surface area (Å²) in [5.41, 5.74) is 3.74. The SMILES string of the molecule is CCCCCCCCCCn1c(N/N=C\c2ccccc2)nc2c1c(=O)[nH]c(=O)n2C. The molecule has 0 amide bonds. The lowest BCUT2D eigenvalue weighted by molar-refractivity contribution is 0.549. The van der Waals surface area contributed by atoms with Gasteiger partial charge in [-0.25, -0.2) is 10.2 Å². The number of aryl methyl sites for hydroxylation is 2. The number of nitrogens with zero attached hydrogens (tertiary/aromatic N) is 4. The number of hydrogen-bond donors (Lipinski definition) is 2. The summed E-state index contributed by atoms with van der Waals surface area (Å²) < 4.78 is 3.18. The minimum atomic E-state index is -0.478. The number of aromatic amines is 1. The van der Waals surface area contributed by atoms with Gasteiger partial charge in [0.1, 0.15) is 0 Å². The zero-order valence-electron chi connectivity index (χ0n) is 18.4. The van der Waals surface area contributed by atoms with Gasteiger partial charge in [0.2, 0.25) is 5.95 Å². The van der Waals surface area contributed by atoms with Crippen LogP contribution in [0.1, 0.15) is 63.9 Å². The fraction of sp³-hybridized carbons (Fsp3) is 0.478. The maximum Gasteiger partial charge on any atom is 0.329 e. The summed E-state index contributed by atoms with van der Waals surface area (Å²) in [5.74, 6) is 0.455. The zero-order chi connectivity index (χ0) is 22.1. The Bertz CT molecular complexity index is 1110. The third-order valence-electron chi connectivity index (χ3n) is 5.42. The van der Waals surface area contributed by atoms with E-state index in [1.807, 2.05) is 34.9 Å². The molecule has 0 saturated carbocycles. The van der Waals surface area contributed by atoms with Gasteiger partial charge >= 0.3 is 5.69 Å². The highest BCUT2D eigenvalue weighted by Crippen LogP contribution is 2.17. The van der Waals surface area contributed by atoms with Gasteiger partial charge in [-0.2, -0.15) is 10.1 Å². The standard InChI is InChI=1S/C23H32N6O2/c1-3-4-5-6-7-8-9-13-16-29-19-20(28(2)23(31)26-21(19)30)25-22(29)27-24-17-18-14-11-10-12-15-18/h10-12,14-15,17H,3-9,13,16H2,1-2H3,(H,25,27)(H,26,30,31)/b24-17-. The number of H-pyrrole nitrogens is 1. The van der Waals surface area contributed by atoms with Gasteiger partial charge in [-0.15, -0.1) is 0 Å². The molecule has 3 aromatic rings. The van der Waals surface area contributed by atoms with E-state index in [1.54, 1.807) is 13.3 Å². The van der Waals surface area contributed by atoms with E-state index in [0.717, 1.165) is 18.4 Å². The van der Waals surface area contributed by atoms with Crippen molar-refractivity contribution in [1.82, 2.24) is 19.1 Å². The second-order valence-electron chi connectivity index (χ2n) is 7.83. The van der Waals surface area contributed by atoms with Crippen LogP contribution in [-0.4, -0.2) is 25.3 Å². The Labute approximate surface area is 182 Å². The molecule has 2 aromatic heterocycles. The van der Waals surface area contributed by atoms with Gasteiger partial charge in [0.05, 0.1) is 6.21 Å². The Morgan fingerprint density at radius 2 is 1.71 bits per heavy atom. The van der Waals surface area contributed by atoms with Gasteiger partial charge in [0.15, 0.2) is 11.2 Å². The molecule has 0 aliphatic heterocycles. The fourth-order valence-electron chi connectivity index (χ4n) is 3.65. The molecule has 31 heavy (non-hydrogen) atoms. The quantitative estimate of drug-likeness (QED) is 0.261. The maximum atomic E-state index is 12.5. The fourth-order valence-corrected chi connectivity index (χ4v) is 3.65. The Morgan fingerprint density at radius 3 is 2.42 bits per heavy atom. The van der Waals surface area contributed by atoms with E-state index in [1.165, 1.54) is 43.1 Å². The van der Waals surface area contributed by atoms with Crippen LogP contribution in [0.25, 0.3) is 11.2 Å². The van der Waals surface area contributed by atoms with E-state index in [0.29, 0.717) is 23.7 Å². The molecule has 8 heteroatoms. The minimum Gasteiger partial charge on any atom is -0.303 e. The lowest BCUT2D eigenvalue weighted by Crippen LogP contribution is -2.29. The first-order valence-electron chi connectivity index (χ1n) is 11.2. The Kier molecular flexibility index (Phi) is 8.20. The van der Waals surface area contributed by atoms with Crippen molar-refractivity contribution in [3.05, 3.63) is 56.7 Å². The van der Waals surface area contributed by atoms with Crippen LogP contribution < -0.4 is 16.7 Å². The summed E-state index contributed by atoms with van der Waals surface area (Å²) in [7, 11) is 1.60. The van der Waals surface area contributed by atoms with E-state index in [4.69, 9.17) is 0 Å². The third kappa shape index (κ3) is 5.93. The zero-order valence-corrected chi connectivity index (χ0v) is 18.4. The summed E-state index contributed by atoms with van der Waals surface area (Å²) in [6, 6.07) is 9.72. The molecule has 166 valence electrons. The Balaban J connectivity index is 1.74. The molecule has 0 fully saturated rings. The van der Waals surface area contributed by atoms with E-state index in [2.05, 4.69) is 27.4 Å². The molecule has 0 bridgehead atoms. The Morgan fingerprint density at radius 1 is 1.03 bits per heavy atom. The van der Waals surface area contributed by atoms with E-state index in [-0.39, 0.29) is 0 Å². The number of unbranched alkanes of at least 4 members (excludes halogenated alkanes) is 7. The highest BCUT2D eigenvalue weighted by Gasteiger charge is 2.16. The molecule has 0 saturated heterocycles. The van der Waals surface area contributed by atoms with E-state index < -0.39 is 11.2 Å². The molecular formula is C23H32N6O2. The lowest BCUT2D eigenvalue weighted by Gasteiger charge is -2.08. The first-order valence-corrected chi connectivity index (χ1v) is 11.2. The van der Waals surface area contributed by atoms with E-state index >= 15 is 0 Å². The summed E-state index contributed by atoms with van der Waals surface area (Å²) in [6.45, 7) is 2.86. The highest BCUT2D eigenvalue weighted by atomic mass is 16.2. The second-order valence-corrected chi connectivity index (χ2v) is 7.83. The normalized spacial score (nSPS) is 11.5. The molecule has 3 rings (SSSR count). The molecule has 8 nitrogen and oxygen atoms in total. The Hall–Kier alpha value is -3.16. The van der Waals surface area contributed by atoms with Crippen molar-refractivity contribution in [1.29, 1.82) is 0 Å². The van der Waals surface area contributed by atoms with E-state index in [9.17, 15) is 9.59 Å². The summed E-state index contributed by atoms with van der Waals surface area (Å²) in [6.07, 6.45) is 11.3. The van der Waals surface area contributed by atoms with Crippen LogP contribution in [0, 0.1) is 0 Å². The average molecular weight is 425 g/mol. The number of rotatable bonds is 12. The van der Waals surface area contributed by atoms with Gasteiger partial charge < -0.3 is 4.57 Å². The van der Waals surface area contributed by atoms with Crippen molar-refractivity contribution in [3.8, 4) is 0 Å². The topological polar surface area (TPSA) is 97.1 Å². The maximum absolute atomic E-state index is 12.5. The van der Waals surface area contributed by atoms with Crippen molar-refractivity contribution in [2.45, 2.75) is 64.8 Å². The van der Waals surface area contributed by atoms with Crippen molar-refractivity contribution in [2.75, 3.05) is 5.43 Å². The van der Waals surface area contributed by atoms with Crippen molar-refractivity contribution in [3.63, 3.8) is 0 Å². The van der Waals surface area contributed by atoms with Gasteiger partial charge in [-0.05, 0) is 12.0 Å². The van der Waals surface area contributed by atoms with Crippen LogP contribution in [-0.2, 0) is 13.6 Å². The average Bonchev–Trinajstić information content (AvgIpc) is 3.14. The minimum absolute atomic E-state index is 0.353. The predicted octanol–water partition coefficient (Wildman–Crippen LogP) is 4.01. The first-order chi connectivity index (χ1) is 15.1.